The van der Waals surface area contributed by atoms with E-state index in [-0.39, 0.29) is 0 Å². The third-order valence-electron chi connectivity index (χ3n) is 10.3. The third-order valence-corrected chi connectivity index (χ3v) is 10.3. The van der Waals surface area contributed by atoms with E-state index in [0.29, 0.717) is 0 Å². The number of nitrogens with zero attached hydrogens (tertiary/aromatic N) is 2. The molecule has 0 aliphatic heterocycles. The molecule has 0 N–H and O–H groups in total. The molecule has 10 rings (SSSR count). The predicted molar refractivity (Wildman–Crippen MR) is 223 cm³/mol. The second-order valence-corrected chi connectivity index (χ2v) is 13.3. The van der Waals surface area contributed by atoms with E-state index < -0.39 is 0 Å². The van der Waals surface area contributed by atoms with Crippen molar-refractivity contribution in [3.05, 3.63) is 206 Å². The van der Waals surface area contributed by atoms with Crippen LogP contribution in [0.1, 0.15) is 0 Å². The Kier molecular flexibility index (Phi) is 7.18. The van der Waals surface area contributed by atoms with Crippen LogP contribution >= 0.6 is 0 Å². The van der Waals surface area contributed by atoms with Gasteiger partial charge in [-0.3, -0.25) is 0 Å². The lowest BCUT2D eigenvalue weighted by Crippen LogP contribution is -2.12. The highest BCUT2D eigenvalue weighted by atomic mass is 15.2. The second kappa shape index (κ2) is 12.5. The van der Waals surface area contributed by atoms with Gasteiger partial charge >= 0.3 is 0 Å². The molecule has 0 heterocycles. The van der Waals surface area contributed by atoms with Crippen LogP contribution in [0.15, 0.2) is 206 Å². The first-order valence-corrected chi connectivity index (χ1v) is 17.9. The van der Waals surface area contributed by atoms with E-state index in [1.54, 1.807) is 0 Å². The smallest absolute Gasteiger partial charge is 0.0546 e. The lowest BCUT2D eigenvalue weighted by molar-refractivity contribution is 1.31. The van der Waals surface area contributed by atoms with Gasteiger partial charge in [0.05, 0.1) is 22.7 Å². The third kappa shape index (κ3) is 4.88. The van der Waals surface area contributed by atoms with Crippen molar-refractivity contribution in [2.24, 2.45) is 0 Å². The highest BCUT2D eigenvalue weighted by molar-refractivity contribution is 6.27. The van der Waals surface area contributed by atoms with Gasteiger partial charge in [-0.1, -0.05) is 158 Å². The summed E-state index contributed by atoms with van der Waals surface area (Å²) in [7, 11) is 0. The van der Waals surface area contributed by atoms with Gasteiger partial charge in [0.1, 0.15) is 0 Å². The van der Waals surface area contributed by atoms with E-state index in [0.717, 1.165) is 34.1 Å². The van der Waals surface area contributed by atoms with Crippen LogP contribution in [0.5, 0.6) is 0 Å². The zero-order valence-electron chi connectivity index (χ0n) is 28.5. The molecular formula is C50H34N2. The van der Waals surface area contributed by atoms with Crippen LogP contribution in [0.25, 0.3) is 53.9 Å². The van der Waals surface area contributed by atoms with Crippen molar-refractivity contribution >= 4 is 88.0 Å². The monoisotopic (exact) mass is 662 g/mol. The maximum atomic E-state index is 2.44. The Bertz CT molecular complexity index is 2710. The van der Waals surface area contributed by atoms with E-state index in [2.05, 4.69) is 216 Å². The lowest BCUT2D eigenvalue weighted by atomic mass is 9.92. The topological polar surface area (TPSA) is 6.48 Å². The Hall–Kier alpha value is -6.90. The molecule has 2 heteroatoms. The largest absolute Gasteiger partial charge is 0.309 e. The molecule has 0 bridgehead atoms. The molecule has 0 amide bonds. The second-order valence-electron chi connectivity index (χ2n) is 13.3. The maximum absolute atomic E-state index is 2.44. The summed E-state index contributed by atoms with van der Waals surface area (Å²) in [4.78, 5) is 4.89. The van der Waals surface area contributed by atoms with E-state index in [1.807, 2.05) is 0 Å². The first-order valence-electron chi connectivity index (χ1n) is 17.9. The van der Waals surface area contributed by atoms with Crippen molar-refractivity contribution in [2.45, 2.75) is 0 Å². The fraction of sp³-hybridized carbons (Fsp3) is 0. The van der Waals surface area contributed by atoms with Gasteiger partial charge in [0.2, 0.25) is 0 Å². The lowest BCUT2D eigenvalue weighted by Gasteiger charge is -2.30. The summed E-state index contributed by atoms with van der Waals surface area (Å²) in [5, 5.41) is 12.2. The van der Waals surface area contributed by atoms with E-state index in [9.17, 15) is 0 Å². The minimum absolute atomic E-state index is 1.12. The fourth-order valence-corrected chi connectivity index (χ4v) is 8.09. The molecule has 0 saturated heterocycles. The van der Waals surface area contributed by atoms with Crippen molar-refractivity contribution in [1.29, 1.82) is 0 Å². The highest BCUT2D eigenvalue weighted by Crippen LogP contribution is 2.49. The van der Waals surface area contributed by atoms with E-state index in [4.69, 9.17) is 0 Å². The van der Waals surface area contributed by atoms with Crippen LogP contribution in [0.3, 0.4) is 0 Å². The highest BCUT2D eigenvalue weighted by Gasteiger charge is 2.23. The van der Waals surface area contributed by atoms with Crippen LogP contribution < -0.4 is 9.80 Å². The molecule has 10 aromatic rings. The van der Waals surface area contributed by atoms with Crippen LogP contribution in [-0.4, -0.2) is 0 Å². The Labute approximate surface area is 303 Å². The van der Waals surface area contributed by atoms with Gasteiger partial charge in [-0.15, -0.1) is 0 Å². The first kappa shape index (κ1) is 30.0. The summed E-state index contributed by atoms with van der Waals surface area (Å²) in [5.74, 6) is 0. The summed E-state index contributed by atoms with van der Waals surface area (Å²) in [6.45, 7) is 0. The molecule has 0 aliphatic rings. The summed E-state index contributed by atoms with van der Waals surface area (Å²) >= 11 is 0. The van der Waals surface area contributed by atoms with Gasteiger partial charge in [0, 0.05) is 32.9 Å². The molecule has 0 aliphatic carbocycles. The van der Waals surface area contributed by atoms with Crippen molar-refractivity contribution < 1.29 is 0 Å². The number of fused-ring (bicyclic) bond motifs is 7. The number of benzene rings is 10. The molecule has 52 heavy (non-hydrogen) atoms. The molecule has 10 aromatic carbocycles. The minimum atomic E-state index is 1.12. The predicted octanol–water partition coefficient (Wildman–Crippen LogP) is 14.4. The normalized spacial score (nSPS) is 11.5. The van der Waals surface area contributed by atoms with Crippen LogP contribution in [0, 0.1) is 0 Å². The summed E-state index contributed by atoms with van der Waals surface area (Å²) in [6, 6.07) is 74.8. The number of hydrogen-bond acceptors (Lipinski definition) is 2. The van der Waals surface area contributed by atoms with Gasteiger partial charge in [-0.2, -0.15) is 0 Å². The van der Waals surface area contributed by atoms with E-state index >= 15 is 0 Å². The summed E-state index contributed by atoms with van der Waals surface area (Å²) < 4.78 is 0. The minimum Gasteiger partial charge on any atom is -0.309 e. The Morgan fingerprint density at radius 3 is 1.02 bits per heavy atom. The summed E-state index contributed by atoms with van der Waals surface area (Å²) in [5.41, 5.74) is 6.82. The van der Waals surface area contributed by atoms with Gasteiger partial charge in [-0.05, 0) is 80.8 Å². The molecule has 244 valence electrons. The number of hydrogen-bond donors (Lipinski definition) is 0. The van der Waals surface area contributed by atoms with Gasteiger partial charge in [0.25, 0.3) is 0 Å². The van der Waals surface area contributed by atoms with Crippen molar-refractivity contribution in [1.82, 2.24) is 0 Å². The molecular weight excluding hydrogens is 629 g/mol. The first-order chi connectivity index (χ1) is 25.8. The average molecular weight is 663 g/mol. The number of anilines is 6. The van der Waals surface area contributed by atoms with E-state index in [1.165, 1.54) is 53.9 Å². The van der Waals surface area contributed by atoms with Crippen molar-refractivity contribution in [2.75, 3.05) is 9.80 Å². The molecule has 0 saturated carbocycles. The average Bonchev–Trinajstić information content (AvgIpc) is 3.22. The van der Waals surface area contributed by atoms with Crippen LogP contribution in [-0.2, 0) is 0 Å². The molecule has 0 aromatic heterocycles. The SMILES string of the molecule is c1ccc(N(c2cccc3ccccc23)c2cc3cc(N(c4ccccc4)c4cccc5ccccc45)c4ccccc4c3c3ccccc23)cc1. The van der Waals surface area contributed by atoms with Crippen LogP contribution in [0.2, 0.25) is 0 Å². The van der Waals surface area contributed by atoms with Gasteiger partial charge in [0.15, 0.2) is 0 Å². The molecule has 0 atom stereocenters. The number of rotatable bonds is 6. The quantitative estimate of drug-likeness (QED) is 0.164. The maximum Gasteiger partial charge on any atom is 0.0546 e. The molecule has 0 radical (unpaired) electrons. The van der Waals surface area contributed by atoms with Gasteiger partial charge in [-0.25, -0.2) is 0 Å². The van der Waals surface area contributed by atoms with Crippen molar-refractivity contribution in [3.63, 3.8) is 0 Å². The summed E-state index contributed by atoms with van der Waals surface area (Å²) in [6.07, 6.45) is 0. The molecule has 2 nitrogen and oxygen atoms in total. The Morgan fingerprint density at radius 1 is 0.231 bits per heavy atom. The Balaban J connectivity index is 1.33. The standard InChI is InChI=1S/C50H34N2/c1-3-21-38(22-4-1)51(46-31-15-19-35-17-7-9-25-40(35)46)48-33-37-34-49(43-28-12-14-30-45(43)50(37)44-29-13-11-27-42(44)48)52(39-23-5-2-6-24-39)47-32-16-20-36-18-8-10-26-41(36)47/h1-34H. The van der Waals surface area contributed by atoms with Crippen molar-refractivity contribution in [3.8, 4) is 0 Å². The molecule has 0 spiro atoms. The molecule has 0 fully saturated rings. The zero-order chi connectivity index (χ0) is 34.4. The Morgan fingerprint density at radius 2 is 0.577 bits per heavy atom. The van der Waals surface area contributed by atoms with Crippen LogP contribution in [0.4, 0.5) is 34.1 Å². The van der Waals surface area contributed by atoms with Gasteiger partial charge < -0.3 is 9.80 Å². The number of para-hydroxylation sites is 2. The fourth-order valence-electron chi connectivity index (χ4n) is 8.09. The molecule has 0 unspecified atom stereocenters. The zero-order valence-corrected chi connectivity index (χ0v) is 28.5.